The van der Waals surface area contributed by atoms with Crippen LogP contribution in [0.4, 0.5) is 0 Å². The Labute approximate surface area is 109 Å². The van der Waals surface area contributed by atoms with Crippen LogP contribution in [-0.2, 0) is 4.74 Å². The molecule has 0 bridgehead atoms. The lowest BCUT2D eigenvalue weighted by Crippen LogP contribution is -2.30. The molecule has 6 nitrogen and oxygen atoms in total. The van der Waals surface area contributed by atoms with E-state index in [9.17, 15) is 9.90 Å². The number of hydrogen-bond donors (Lipinski definition) is 2. The van der Waals surface area contributed by atoms with Gasteiger partial charge in [-0.1, -0.05) is 11.8 Å². The van der Waals surface area contributed by atoms with Crippen molar-refractivity contribution in [3.05, 3.63) is 21.0 Å². The minimum Gasteiger partial charge on any atom is -0.394 e. The Morgan fingerprint density at radius 1 is 1.65 bits per heavy atom. The highest BCUT2D eigenvalue weighted by Crippen LogP contribution is 2.46. The zero-order valence-corrected chi connectivity index (χ0v) is 10.9. The third-order valence-corrected chi connectivity index (χ3v) is 4.72. The topological polar surface area (TPSA) is 84.6 Å². The predicted octanol–water partition coefficient (Wildman–Crippen LogP) is -0.269. The molecule has 2 aliphatic heterocycles. The molecule has 92 valence electrons. The first kappa shape index (κ1) is 11.7. The molecule has 2 aliphatic rings. The van der Waals surface area contributed by atoms with Crippen molar-refractivity contribution >= 4 is 27.7 Å². The van der Waals surface area contributed by atoms with Gasteiger partial charge >= 0.3 is 0 Å². The van der Waals surface area contributed by atoms with Crippen molar-refractivity contribution in [2.24, 2.45) is 0 Å². The van der Waals surface area contributed by atoms with E-state index in [1.165, 1.54) is 11.8 Å². The summed E-state index contributed by atoms with van der Waals surface area (Å²) in [5.41, 5.74) is -0.336. The highest BCUT2D eigenvalue weighted by atomic mass is 79.9. The fraction of sp³-hybridized carbons (Fsp3) is 0.556. The van der Waals surface area contributed by atoms with Gasteiger partial charge in [-0.15, -0.1) is 0 Å². The van der Waals surface area contributed by atoms with Crippen LogP contribution in [0.2, 0.25) is 0 Å². The number of aromatic nitrogens is 2. The number of aliphatic hydroxyl groups excluding tert-OH is 2. The summed E-state index contributed by atoms with van der Waals surface area (Å²) >= 11 is 4.42. The molecule has 1 fully saturated rings. The smallest absolute Gasteiger partial charge is 0.287 e. The van der Waals surface area contributed by atoms with Crippen LogP contribution in [0.3, 0.4) is 0 Å². The van der Waals surface area contributed by atoms with Crippen molar-refractivity contribution in [3.63, 3.8) is 0 Å². The van der Waals surface area contributed by atoms with Crippen LogP contribution in [0, 0.1) is 0 Å². The maximum atomic E-state index is 11.4. The average Bonchev–Trinajstić information content (AvgIpc) is 2.78. The lowest BCUT2D eigenvalue weighted by atomic mass is 10.2. The number of thioether (sulfide) groups is 1. The minimum atomic E-state index is -0.759. The molecule has 0 aromatic carbocycles. The van der Waals surface area contributed by atoms with Gasteiger partial charge in [0, 0.05) is 6.20 Å². The zero-order chi connectivity index (χ0) is 12.2. The summed E-state index contributed by atoms with van der Waals surface area (Å²) in [5, 5.41) is 19.3. The first-order valence-electron chi connectivity index (χ1n) is 5.01. The summed E-state index contributed by atoms with van der Waals surface area (Å²) in [6, 6.07) is 0. The summed E-state index contributed by atoms with van der Waals surface area (Å²) in [6.45, 7) is -0.223. The van der Waals surface area contributed by atoms with Gasteiger partial charge in [0.25, 0.3) is 5.56 Å². The highest BCUT2D eigenvalue weighted by Gasteiger charge is 2.49. The number of hydrogen-bond acceptors (Lipinski definition) is 6. The predicted molar refractivity (Wildman–Crippen MR) is 62.8 cm³/mol. The fourth-order valence-corrected chi connectivity index (χ4v) is 3.63. The molecule has 0 saturated carbocycles. The number of ether oxygens (including phenoxy) is 1. The Balaban J connectivity index is 2.02. The van der Waals surface area contributed by atoms with E-state index in [2.05, 4.69) is 20.9 Å². The van der Waals surface area contributed by atoms with E-state index in [0.717, 1.165) is 0 Å². The summed E-state index contributed by atoms with van der Waals surface area (Å²) in [7, 11) is 0. The van der Waals surface area contributed by atoms with E-state index in [0.29, 0.717) is 9.63 Å². The quantitative estimate of drug-likeness (QED) is 0.693. The van der Waals surface area contributed by atoms with Crippen molar-refractivity contribution in [3.8, 4) is 0 Å². The van der Waals surface area contributed by atoms with Crippen LogP contribution in [0.1, 0.15) is 6.23 Å². The summed E-state index contributed by atoms with van der Waals surface area (Å²) < 4.78 is 7.61. The Morgan fingerprint density at radius 2 is 2.41 bits per heavy atom. The van der Waals surface area contributed by atoms with Crippen molar-refractivity contribution in [2.75, 3.05) is 6.61 Å². The molecule has 0 amide bonds. The molecule has 0 radical (unpaired) electrons. The number of halogens is 1. The molecular weight excluding hydrogens is 312 g/mol. The maximum absolute atomic E-state index is 11.4. The monoisotopic (exact) mass is 320 g/mol. The Morgan fingerprint density at radius 3 is 3.12 bits per heavy atom. The van der Waals surface area contributed by atoms with Crippen LogP contribution in [-0.4, -0.2) is 43.8 Å². The van der Waals surface area contributed by atoms with E-state index >= 15 is 0 Å². The lowest BCUT2D eigenvalue weighted by Gasteiger charge is -2.14. The SMILES string of the molecule is O=c1nc2n(cc1Br)[C@@H]1O[C@H](CO)[C@@H](O)[C@@H]1S2. The molecule has 1 saturated heterocycles. The second-order valence-electron chi connectivity index (χ2n) is 3.90. The van der Waals surface area contributed by atoms with Gasteiger partial charge in [0.05, 0.1) is 18.0 Å². The Bertz CT molecular complexity index is 522. The Kier molecular flexibility index (Phi) is 2.79. The molecule has 2 N–H and O–H groups in total. The van der Waals surface area contributed by atoms with Crippen molar-refractivity contribution < 1.29 is 14.9 Å². The first-order valence-corrected chi connectivity index (χ1v) is 6.69. The second kappa shape index (κ2) is 4.06. The van der Waals surface area contributed by atoms with Gasteiger partial charge in [0.15, 0.2) is 11.4 Å². The number of aliphatic hydroxyl groups is 2. The third-order valence-electron chi connectivity index (χ3n) is 2.88. The van der Waals surface area contributed by atoms with Gasteiger partial charge in [-0.05, 0) is 15.9 Å². The fourth-order valence-electron chi connectivity index (χ4n) is 2.04. The van der Waals surface area contributed by atoms with Gasteiger partial charge < -0.3 is 14.9 Å². The minimum absolute atomic E-state index is 0.223. The average molecular weight is 321 g/mol. The number of nitrogens with zero attached hydrogens (tertiary/aromatic N) is 2. The van der Waals surface area contributed by atoms with Crippen LogP contribution < -0.4 is 5.56 Å². The maximum Gasteiger partial charge on any atom is 0.287 e. The van der Waals surface area contributed by atoms with E-state index in [1.54, 1.807) is 10.8 Å². The molecule has 0 spiro atoms. The molecule has 0 aliphatic carbocycles. The highest BCUT2D eigenvalue weighted by molar-refractivity contribution is 9.10. The van der Waals surface area contributed by atoms with Crippen LogP contribution in [0.5, 0.6) is 0 Å². The molecule has 17 heavy (non-hydrogen) atoms. The van der Waals surface area contributed by atoms with Gasteiger partial charge in [-0.3, -0.25) is 9.36 Å². The zero-order valence-electron chi connectivity index (χ0n) is 8.49. The van der Waals surface area contributed by atoms with Crippen LogP contribution >= 0.6 is 27.7 Å². The van der Waals surface area contributed by atoms with Gasteiger partial charge in [0.1, 0.15) is 10.6 Å². The number of rotatable bonds is 1. The van der Waals surface area contributed by atoms with Gasteiger partial charge in [0.2, 0.25) is 0 Å². The molecule has 3 heterocycles. The molecule has 1 aromatic heterocycles. The van der Waals surface area contributed by atoms with Crippen molar-refractivity contribution in [1.29, 1.82) is 0 Å². The summed E-state index contributed by atoms with van der Waals surface area (Å²) in [4.78, 5) is 15.3. The molecule has 3 rings (SSSR count). The van der Waals surface area contributed by atoms with Gasteiger partial charge in [-0.2, -0.15) is 4.98 Å². The summed E-state index contributed by atoms with van der Waals surface area (Å²) in [5.74, 6) is 0. The third kappa shape index (κ3) is 1.66. The van der Waals surface area contributed by atoms with E-state index < -0.39 is 12.2 Å². The first-order chi connectivity index (χ1) is 8.11. The van der Waals surface area contributed by atoms with Gasteiger partial charge in [-0.25, -0.2) is 0 Å². The molecule has 1 aromatic rings. The largest absolute Gasteiger partial charge is 0.394 e. The molecular formula is C9H9BrN2O4S. The van der Waals surface area contributed by atoms with E-state index in [1.807, 2.05) is 0 Å². The summed E-state index contributed by atoms with van der Waals surface area (Å²) in [6.07, 6.45) is -0.115. The second-order valence-corrected chi connectivity index (χ2v) is 5.90. The molecule has 4 atom stereocenters. The van der Waals surface area contributed by atoms with Crippen LogP contribution in [0.25, 0.3) is 0 Å². The van der Waals surface area contributed by atoms with E-state index in [4.69, 9.17) is 9.84 Å². The lowest BCUT2D eigenvalue weighted by molar-refractivity contribution is -0.0467. The van der Waals surface area contributed by atoms with Crippen LogP contribution in [0.15, 0.2) is 20.6 Å². The standard InChI is InChI=1S/C9H9BrN2O4S/c10-3-1-12-8-6(5(14)4(2-13)16-8)17-9(12)11-7(3)15/h1,4-6,8,13-14H,2H2/t4-,5-,6+,8-/m1/s1. The molecule has 8 heteroatoms. The van der Waals surface area contributed by atoms with Crippen molar-refractivity contribution in [1.82, 2.24) is 9.55 Å². The Hall–Kier alpha value is -0.410. The molecule has 0 unspecified atom stereocenters. The normalized spacial score (nSPS) is 34.8. The van der Waals surface area contributed by atoms with E-state index in [-0.39, 0.29) is 23.6 Å². The number of fused-ring (bicyclic) bond motifs is 3. The van der Waals surface area contributed by atoms with Crippen molar-refractivity contribution in [2.45, 2.75) is 28.8 Å².